The van der Waals surface area contributed by atoms with Crippen LogP contribution in [0.2, 0.25) is 0 Å². The van der Waals surface area contributed by atoms with E-state index in [1.165, 1.54) is 24.8 Å². The van der Waals surface area contributed by atoms with E-state index in [2.05, 4.69) is 41.4 Å². The third-order valence-corrected chi connectivity index (χ3v) is 11.6. The van der Waals surface area contributed by atoms with E-state index in [4.69, 9.17) is 14.2 Å². The quantitative estimate of drug-likeness (QED) is 0.112. The molecule has 3 aliphatic carbocycles. The first-order valence-corrected chi connectivity index (χ1v) is 17.0. The van der Waals surface area contributed by atoms with Gasteiger partial charge in [0.15, 0.2) is 11.5 Å². The summed E-state index contributed by atoms with van der Waals surface area (Å²) in [6.07, 6.45) is 3.20. The molecule has 1 N–H and O–H groups in total. The maximum atomic E-state index is 14.0. The van der Waals surface area contributed by atoms with Crippen molar-refractivity contribution in [3.63, 3.8) is 0 Å². The summed E-state index contributed by atoms with van der Waals surface area (Å²) in [6.45, 7) is 3.04. The highest BCUT2D eigenvalue weighted by Gasteiger charge is 2.71. The number of hydrogen-bond acceptors (Lipinski definition) is 6. The SMILES string of the molecule is COC1(NC(=O)C(OC(F)(F)F)=C(OC(C)=O)c2ccccc2)C=CC2=C3C1O[C@H]1CCC[C@H]4[C@@H](C2)[N+](C)(CCc2ccccc2)CC[C@]314. The van der Waals surface area contributed by atoms with Gasteiger partial charge in [0.2, 0.25) is 5.76 Å². The number of carbonyl (C=O) groups is 2. The summed E-state index contributed by atoms with van der Waals surface area (Å²) in [4.78, 5) is 26.1. The number of rotatable bonds is 9. The number of nitrogens with one attached hydrogen (secondary N) is 1. The lowest BCUT2D eigenvalue weighted by Gasteiger charge is -2.61. The highest BCUT2D eigenvalue weighted by atomic mass is 19.4. The maximum absolute atomic E-state index is 14.0. The van der Waals surface area contributed by atoms with Crippen LogP contribution in [-0.2, 0) is 35.0 Å². The zero-order chi connectivity index (χ0) is 34.6. The Kier molecular flexibility index (Phi) is 8.52. The van der Waals surface area contributed by atoms with E-state index in [1.54, 1.807) is 24.3 Å². The van der Waals surface area contributed by atoms with Gasteiger partial charge in [-0.3, -0.25) is 9.59 Å². The summed E-state index contributed by atoms with van der Waals surface area (Å²) in [5.41, 5.74) is 1.76. The molecule has 2 aromatic rings. The van der Waals surface area contributed by atoms with Crippen molar-refractivity contribution in [1.29, 1.82) is 0 Å². The monoisotopic (exact) mass is 679 g/mol. The molecular weight excluding hydrogens is 637 g/mol. The molecule has 11 heteroatoms. The predicted octanol–water partition coefficient (Wildman–Crippen LogP) is 6.20. The third-order valence-electron chi connectivity index (χ3n) is 11.6. The van der Waals surface area contributed by atoms with Gasteiger partial charge in [-0.1, -0.05) is 73.2 Å². The average molecular weight is 680 g/mol. The van der Waals surface area contributed by atoms with Gasteiger partial charge in [-0.05, 0) is 35.6 Å². The third kappa shape index (κ3) is 5.79. The maximum Gasteiger partial charge on any atom is 0.573 e. The Bertz CT molecular complexity index is 1710. The molecule has 8 nitrogen and oxygen atoms in total. The number of alkyl halides is 3. The van der Waals surface area contributed by atoms with Gasteiger partial charge in [0.1, 0.15) is 6.10 Å². The number of nitrogens with zero attached hydrogens (tertiary/aromatic N) is 1. The van der Waals surface area contributed by atoms with Gasteiger partial charge in [-0.25, -0.2) is 0 Å². The van der Waals surface area contributed by atoms with Crippen LogP contribution in [0, 0.1) is 11.3 Å². The highest BCUT2D eigenvalue weighted by molar-refractivity contribution is 6.00. The number of hydrogen-bond donors (Lipinski definition) is 1. The van der Waals surface area contributed by atoms with Gasteiger partial charge in [0.05, 0.1) is 32.3 Å². The minimum Gasteiger partial charge on any atom is -0.422 e. The molecular formula is C38H42F3N2O6+. The van der Waals surface area contributed by atoms with E-state index < -0.39 is 41.6 Å². The minimum absolute atomic E-state index is 0.0570. The number of likely N-dealkylation sites (tertiary alicyclic amines) is 1. The van der Waals surface area contributed by atoms with E-state index in [9.17, 15) is 22.8 Å². The Hall–Kier alpha value is -3.93. The van der Waals surface area contributed by atoms with Crippen molar-refractivity contribution in [2.45, 2.75) is 75.8 Å². The molecule has 0 radical (unpaired) electrons. The fraction of sp³-hybridized carbons (Fsp3) is 0.474. The molecule has 3 fully saturated rings. The first-order valence-electron chi connectivity index (χ1n) is 17.0. The molecule has 49 heavy (non-hydrogen) atoms. The number of piperidine rings is 1. The second kappa shape index (κ2) is 12.4. The van der Waals surface area contributed by atoms with Crippen LogP contribution in [0.1, 0.15) is 50.2 Å². The first kappa shape index (κ1) is 33.6. The molecule has 1 saturated carbocycles. The van der Waals surface area contributed by atoms with Gasteiger partial charge in [0, 0.05) is 50.2 Å². The van der Waals surface area contributed by atoms with Crippen LogP contribution in [0.3, 0.4) is 0 Å². The van der Waals surface area contributed by atoms with Crippen molar-refractivity contribution in [2.75, 3.05) is 27.2 Å². The molecule has 2 saturated heterocycles. The van der Waals surface area contributed by atoms with Crippen LogP contribution in [0.15, 0.2) is 89.7 Å². The van der Waals surface area contributed by atoms with Gasteiger partial charge < -0.3 is 28.7 Å². The molecule has 2 aromatic carbocycles. The fourth-order valence-electron chi connectivity index (χ4n) is 9.48. The molecule has 2 bridgehead atoms. The standard InChI is InChI=1S/C38H41F3N2O6/c1-24(44)47-32(26-13-8-5-9-14-26)33(49-38(39,40)41)35(45)42-37(46-3)19-17-27-23-29-28-15-10-16-30-36(28,31(27)34(37)48-30)20-22-43(29,2)21-18-25-11-6-4-7-12-25/h4-9,11-14,17,19,28-30,34H,10,15-16,18,20-23H2,1-3H3/p+1/t28-,29+,30-,34?,36+,37?,43?/m0/s1. The van der Waals surface area contributed by atoms with E-state index >= 15 is 0 Å². The summed E-state index contributed by atoms with van der Waals surface area (Å²) >= 11 is 0. The molecule has 1 spiro atoms. The lowest BCUT2D eigenvalue weighted by Crippen LogP contribution is -2.69. The molecule has 2 aliphatic heterocycles. The number of likely N-dealkylation sites (N-methyl/N-ethyl adjacent to an activating group) is 1. The number of methoxy groups -OCH3 is 1. The Morgan fingerprint density at radius 3 is 2.45 bits per heavy atom. The van der Waals surface area contributed by atoms with Crippen molar-refractivity contribution in [3.05, 3.63) is 101 Å². The minimum atomic E-state index is -5.26. The Morgan fingerprint density at radius 1 is 1.06 bits per heavy atom. The van der Waals surface area contributed by atoms with E-state index in [1.807, 2.05) is 12.1 Å². The lowest BCUT2D eigenvalue weighted by molar-refractivity contribution is -0.945. The largest absolute Gasteiger partial charge is 0.573 e. The second-order valence-corrected chi connectivity index (χ2v) is 14.2. The summed E-state index contributed by atoms with van der Waals surface area (Å²) in [5, 5.41) is 2.71. The Labute approximate surface area is 284 Å². The number of benzene rings is 2. The predicted molar refractivity (Wildman–Crippen MR) is 174 cm³/mol. The average Bonchev–Trinajstić information content (AvgIpc) is 3.44. The van der Waals surface area contributed by atoms with Crippen molar-refractivity contribution in [2.24, 2.45) is 11.3 Å². The van der Waals surface area contributed by atoms with Crippen molar-refractivity contribution in [1.82, 2.24) is 5.32 Å². The van der Waals surface area contributed by atoms with Crippen LogP contribution < -0.4 is 5.32 Å². The number of ether oxygens (including phenoxy) is 4. The van der Waals surface area contributed by atoms with Crippen molar-refractivity contribution in [3.8, 4) is 0 Å². The van der Waals surface area contributed by atoms with E-state index in [0.29, 0.717) is 12.0 Å². The van der Waals surface area contributed by atoms with Crippen molar-refractivity contribution >= 4 is 17.6 Å². The van der Waals surface area contributed by atoms with Crippen LogP contribution in [0.25, 0.3) is 5.76 Å². The molecule has 7 atom stereocenters. The van der Waals surface area contributed by atoms with E-state index in [-0.39, 0.29) is 17.1 Å². The molecule has 7 rings (SSSR count). The fourth-order valence-corrected chi connectivity index (χ4v) is 9.48. The van der Waals surface area contributed by atoms with Gasteiger partial charge in [-0.15, -0.1) is 13.2 Å². The summed E-state index contributed by atoms with van der Waals surface area (Å²) in [5.74, 6) is -3.69. The number of allylic oxidation sites excluding steroid dienone is 1. The molecule has 5 aliphatic rings. The molecule has 1 amide bonds. The van der Waals surface area contributed by atoms with Gasteiger partial charge in [-0.2, -0.15) is 0 Å². The molecule has 0 aromatic heterocycles. The number of esters is 1. The molecule has 2 heterocycles. The van der Waals surface area contributed by atoms with Crippen LogP contribution in [0.4, 0.5) is 13.2 Å². The van der Waals surface area contributed by atoms with Gasteiger partial charge >= 0.3 is 12.3 Å². The summed E-state index contributed by atoms with van der Waals surface area (Å²) in [7, 11) is 3.79. The highest BCUT2D eigenvalue weighted by Crippen LogP contribution is 2.67. The van der Waals surface area contributed by atoms with Gasteiger partial charge in [0.25, 0.3) is 5.91 Å². The van der Waals surface area contributed by atoms with Crippen molar-refractivity contribution < 1.29 is 46.2 Å². The first-order chi connectivity index (χ1) is 23.4. The number of carbonyl (C=O) groups excluding carboxylic acids is 2. The van der Waals surface area contributed by atoms with Crippen LogP contribution >= 0.6 is 0 Å². The smallest absolute Gasteiger partial charge is 0.422 e. The second-order valence-electron chi connectivity index (χ2n) is 14.2. The van der Waals surface area contributed by atoms with E-state index in [0.717, 1.165) is 74.2 Å². The van der Waals surface area contributed by atoms with Crippen LogP contribution in [-0.4, -0.2) is 73.9 Å². The topological polar surface area (TPSA) is 83.1 Å². The summed E-state index contributed by atoms with van der Waals surface area (Å²) < 4.78 is 65.0. The molecule has 3 unspecified atom stereocenters. The normalized spacial score (nSPS) is 33.3. The Balaban J connectivity index is 1.24. The number of halogens is 3. The lowest BCUT2D eigenvalue weighted by atomic mass is 9.50. The zero-order valence-corrected chi connectivity index (χ0v) is 27.9. The zero-order valence-electron chi connectivity index (χ0n) is 27.9. The number of amides is 1. The number of quaternary nitrogens is 1. The van der Waals surface area contributed by atoms with Crippen LogP contribution in [0.5, 0.6) is 0 Å². The molecule has 260 valence electrons. The Morgan fingerprint density at radius 2 is 1.78 bits per heavy atom. The summed E-state index contributed by atoms with van der Waals surface area (Å²) in [6, 6.07) is 18.6.